The fourth-order valence-electron chi connectivity index (χ4n) is 9.11. The largest absolute Gasteiger partial charge is 0.508 e. The van der Waals surface area contributed by atoms with Gasteiger partial charge in [0.05, 0.1) is 24.2 Å². The van der Waals surface area contributed by atoms with E-state index in [4.69, 9.17) is 20.9 Å². The highest BCUT2D eigenvalue weighted by atomic mass is 19.1. The van der Waals surface area contributed by atoms with Crippen molar-refractivity contribution in [2.75, 3.05) is 64.0 Å². The predicted molar refractivity (Wildman–Crippen MR) is 194 cm³/mol. The molecule has 12 heteroatoms. The number of phenolic OH excluding ortho intramolecular Hbond substituents is 1. The third-order valence-electron chi connectivity index (χ3n) is 11.6. The number of carbonyl (C=O) groups is 1. The number of halogens is 2. The highest BCUT2D eigenvalue weighted by Crippen LogP contribution is 2.48. The Morgan fingerprint density at radius 1 is 1.12 bits per heavy atom. The third kappa shape index (κ3) is 6.17. The van der Waals surface area contributed by atoms with Crippen LogP contribution < -0.4 is 9.64 Å². The Balaban J connectivity index is 1.15. The Morgan fingerprint density at radius 3 is 2.79 bits per heavy atom. The molecule has 8 rings (SSSR count). The van der Waals surface area contributed by atoms with Gasteiger partial charge in [0.1, 0.15) is 28.6 Å². The van der Waals surface area contributed by atoms with Crippen molar-refractivity contribution in [1.82, 2.24) is 24.8 Å². The number of terminal acetylenes is 1. The van der Waals surface area contributed by atoms with Crippen LogP contribution in [0.15, 0.2) is 30.5 Å². The van der Waals surface area contributed by atoms with E-state index in [1.165, 1.54) is 30.5 Å². The van der Waals surface area contributed by atoms with Crippen molar-refractivity contribution in [3.05, 3.63) is 47.7 Å². The lowest BCUT2D eigenvalue weighted by Gasteiger charge is -2.49. The van der Waals surface area contributed by atoms with E-state index in [0.29, 0.717) is 67.9 Å². The van der Waals surface area contributed by atoms with Crippen LogP contribution >= 0.6 is 0 Å². The summed E-state index contributed by atoms with van der Waals surface area (Å²) < 4.78 is 44.2. The number of rotatable bonds is 8. The number of anilines is 1. The molecule has 52 heavy (non-hydrogen) atoms. The fraction of sp³-hybridized carbons (Fsp3) is 0.500. The molecule has 1 N–H and O–H groups in total. The summed E-state index contributed by atoms with van der Waals surface area (Å²) in [5.74, 6) is 2.12. The van der Waals surface area contributed by atoms with Crippen molar-refractivity contribution >= 4 is 33.4 Å². The lowest BCUT2D eigenvalue weighted by atomic mass is 9.75. The molecule has 3 aliphatic heterocycles. The number of pyridine rings is 1. The van der Waals surface area contributed by atoms with Crippen LogP contribution in [-0.2, 0) is 9.53 Å². The molecule has 0 spiro atoms. The number of aromatic hydroxyl groups is 1. The van der Waals surface area contributed by atoms with Crippen molar-refractivity contribution in [2.45, 2.75) is 57.9 Å². The number of ether oxygens (including phenoxy) is 2. The standard InChI is InChI=1S/C40H44F2N6O4/c1-3-28-31(41)10-9-26-18-27(49)19-29(34(26)28)36-35(42)37-30(20-43-36)38(46-14-7-16-51-17-15-46)45-39(44-37)52-24-40-11-5-8-32(40)47(13-6-12-40)21-25-22-48(23-25)33(50)4-2/h1,9-10,18-20,25,32,49H,4-8,11-17,21-24H2,2H3. The Morgan fingerprint density at radius 2 is 1.96 bits per heavy atom. The smallest absolute Gasteiger partial charge is 0.319 e. The number of phenols is 1. The van der Waals surface area contributed by atoms with Crippen LogP contribution in [-0.4, -0.2) is 101 Å². The normalized spacial score (nSPS) is 22.6. The zero-order valence-electron chi connectivity index (χ0n) is 29.5. The van der Waals surface area contributed by atoms with Gasteiger partial charge < -0.3 is 24.4 Å². The topological polar surface area (TPSA) is 104 Å². The maximum atomic E-state index is 17.0. The number of likely N-dealkylation sites (tertiary alicyclic amines) is 2. The van der Waals surface area contributed by atoms with Gasteiger partial charge in [-0.2, -0.15) is 9.97 Å². The lowest BCUT2D eigenvalue weighted by Crippen LogP contribution is -2.58. The Kier molecular flexibility index (Phi) is 9.34. The maximum absolute atomic E-state index is 17.0. The van der Waals surface area contributed by atoms with E-state index in [1.807, 2.05) is 11.8 Å². The molecule has 0 bridgehead atoms. The predicted octanol–water partition coefficient (Wildman–Crippen LogP) is 5.92. The Bertz CT molecular complexity index is 2060. The molecule has 2 aromatic heterocycles. The first-order valence-electron chi connectivity index (χ1n) is 18.5. The van der Waals surface area contributed by atoms with Crippen molar-refractivity contribution in [2.24, 2.45) is 11.3 Å². The molecular formula is C40H44F2N6O4. The van der Waals surface area contributed by atoms with E-state index in [2.05, 4.69) is 25.7 Å². The summed E-state index contributed by atoms with van der Waals surface area (Å²) in [6.45, 7) is 8.32. The monoisotopic (exact) mass is 710 g/mol. The van der Waals surface area contributed by atoms with E-state index >= 15 is 4.39 Å². The van der Waals surface area contributed by atoms with Crippen LogP contribution in [0.4, 0.5) is 14.6 Å². The molecule has 2 aromatic carbocycles. The van der Waals surface area contributed by atoms with Crippen molar-refractivity contribution < 1.29 is 28.2 Å². The van der Waals surface area contributed by atoms with Gasteiger partial charge in [0, 0.05) is 80.3 Å². The molecule has 0 radical (unpaired) electrons. The molecule has 1 aliphatic carbocycles. The minimum absolute atomic E-state index is 0.0206. The minimum atomic E-state index is -0.743. The summed E-state index contributed by atoms with van der Waals surface area (Å²) in [5.41, 5.74) is -0.0448. The number of benzene rings is 2. The zero-order chi connectivity index (χ0) is 36.0. The first-order chi connectivity index (χ1) is 25.3. The van der Waals surface area contributed by atoms with Crippen LogP contribution in [0.1, 0.15) is 57.4 Å². The molecule has 1 amide bonds. The fourth-order valence-corrected chi connectivity index (χ4v) is 9.11. The van der Waals surface area contributed by atoms with Crippen molar-refractivity contribution in [3.8, 4) is 35.4 Å². The molecule has 4 aromatic rings. The number of hydrogen-bond acceptors (Lipinski definition) is 9. The molecule has 2 atom stereocenters. The van der Waals surface area contributed by atoms with Crippen molar-refractivity contribution in [3.63, 3.8) is 0 Å². The van der Waals surface area contributed by atoms with Gasteiger partial charge in [-0.3, -0.25) is 14.7 Å². The summed E-state index contributed by atoms with van der Waals surface area (Å²) >= 11 is 0. The quantitative estimate of drug-likeness (QED) is 0.223. The molecule has 3 saturated heterocycles. The molecule has 5 heterocycles. The number of fused-ring (bicyclic) bond motifs is 3. The Hall–Kier alpha value is -4.60. The average molecular weight is 711 g/mol. The van der Waals surface area contributed by atoms with E-state index < -0.39 is 11.6 Å². The van der Waals surface area contributed by atoms with Gasteiger partial charge in [-0.05, 0) is 62.2 Å². The van der Waals surface area contributed by atoms with Gasteiger partial charge in [-0.1, -0.05) is 25.3 Å². The summed E-state index contributed by atoms with van der Waals surface area (Å²) in [6.07, 6.45) is 13.9. The highest BCUT2D eigenvalue weighted by Gasteiger charge is 2.49. The van der Waals surface area contributed by atoms with Gasteiger partial charge in [-0.15, -0.1) is 6.42 Å². The van der Waals surface area contributed by atoms with Gasteiger partial charge in [0.2, 0.25) is 5.91 Å². The average Bonchev–Trinajstić information content (AvgIpc) is 3.38. The zero-order valence-corrected chi connectivity index (χ0v) is 29.5. The first-order valence-corrected chi connectivity index (χ1v) is 18.5. The number of nitrogens with zero attached hydrogens (tertiary/aromatic N) is 6. The second kappa shape index (κ2) is 14.1. The van der Waals surface area contributed by atoms with E-state index in [-0.39, 0.29) is 50.8 Å². The number of amides is 1. The van der Waals surface area contributed by atoms with Gasteiger partial charge >= 0.3 is 6.01 Å². The highest BCUT2D eigenvalue weighted by molar-refractivity contribution is 6.03. The SMILES string of the molecule is C#Cc1c(F)ccc2cc(O)cc(-c3ncc4c(N5CCCOCC5)nc(OCC56CCCC5N(CC5CN(C(=O)CC)C5)CCC6)nc4c3F)c12. The lowest BCUT2D eigenvalue weighted by molar-refractivity contribution is -0.138. The van der Waals surface area contributed by atoms with Gasteiger partial charge in [0.25, 0.3) is 0 Å². The van der Waals surface area contributed by atoms with Crippen LogP contribution in [0, 0.1) is 35.3 Å². The van der Waals surface area contributed by atoms with E-state index in [0.717, 1.165) is 64.7 Å². The summed E-state index contributed by atoms with van der Waals surface area (Å²) in [7, 11) is 0. The second-order valence-corrected chi connectivity index (χ2v) is 14.8. The van der Waals surface area contributed by atoms with E-state index in [9.17, 15) is 14.3 Å². The summed E-state index contributed by atoms with van der Waals surface area (Å²) in [5, 5.41) is 11.8. The molecular weight excluding hydrogens is 666 g/mol. The number of aromatic nitrogens is 3. The van der Waals surface area contributed by atoms with Crippen LogP contribution in [0.3, 0.4) is 0 Å². The molecule has 4 aliphatic rings. The Labute approximate surface area is 302 Å². The summed E-state index contributed by atoms with van der Waals surface area (Å²) in [4.78, 5) is 32.9. The van der Waals surface area contributed by atoms with Gasteiger partial charge in [-0.25, -0.2) is 8.78 Å². The molecule has 1 saturated carbocycles. The van der Waals surface area contributed by atoms with Gasteiger partial charge in [0.15, 0.2) is 5.82 Å². The number of hydrogen-bond donors (Lipinski definition) is 1. The molecule has 2 unspecified atom stereocenters. The van der Waals surface area contributed by atoms with Crippen LogP contribution in [0.5, 0.6) is 11.8 Å². The molecule has 4 fully saturated rings. The van der Waals surface area contributed by atoms with E-state index in [1.54, 1.807) is 0 Å². The molecule has 272 valence electrons. The summed E-state index contributed by atoms with van der Waals surface area (Å²) in [6, 6.07) is 5.99. The minimum Gasteiger partial charge on any atom is -0.508 e. The van der Waals surface area contributed by atoms with Crippen LogP contribution in [0.25, 0.3) is 32.9 Å². The first kappa shape index (κ1) is 34.5. The van der Waals surface area contributed by atoms with Crippen molar-refractivity contribution in [1.29, 1.82) is 0 Å². The second-order valence-electron chi connectivity index (χ2n) is 14.8. The van der Waals surface area contributed by atoms with Crippen LogP contribution in [0.2, 0.25) is 0 Å². The number of carbonyl (C=O) groups excluding carboxylic acids is 1. The molecule has 10 nitrogen and oxygen atoms in total. The maximum Gasteiger partial charge on any atom is 0.319 e. The number of piperidine rings is 1. The third-order valence-corrected chi connectivity index (χ3v) is 11.6.